The van der Waals surface area contributed by atoms with E-state index in [4.69, 9.17) is 0 Å². The first kappa shape index (κ1) is 33.8. The molecule has 1 aliphatic carbocycles. The molecule has 6 rings (SSSR count). The van der Waals surface area contributed by atoms with E-state index in [2.05, 4.69) is 154 Å². The van der Waals surface area contributed by atoms with Crippen LogP contribution in [0.15, 0.2) is 139 Å². The molecule has 0 heterocycles. The number of allylic oxidation sites excluding steroid dienone is 4. The van der Waals surface area contributed by atoms with E-state index in [0.717, 1.165) is 27.8 Å². The number of aryl methyl sites for hydroxylation is 3. The molecule has 5 aromatic carbocycles. The van der Waals surface area contributed by atoms with Gasteiger partial charge in [-0.3, -0.25) is 6.08 Å². The van der Waals surface area contributed by atoms with Crippen LogP contribution < -0.4 is 10.6 Å². The van der Waals surface area contributed by atoms with Crippen molar-refractivity contribution in [2.45, 2.75) is 59.3 Å². The smallest absolute Gasteiger partial charge is 0 e. The van der Waals surface area contributed by atoms with Crippen LogP contribution in [0.5, 0.6) is 0 Å². The summed E-state index contributed by atoms with van der Waals surface area (Å²) in [6.07, 6.45) is 12.8. The average Bonchev–Trinajstić information content (AvgIpc) is 3.63. The van der Waals surface area contributed by atoms with Gasteiger partial charge in [-0.15, -0.1) is 55.3 Å². The third-order valence-electron chi connectivity index (χ3n) is 7.48. The molecule has 0 saturated carbocycles. The van der Waals surface area contributed by atoms with E-state index in [9.17, 15) is 0 Å². The van der Waals surface area contributed by atoms with Gasteiger partial charge in [0.05, 0.1) is 0 Å². The molecule has 0 aromatic heterocycles. The Morgan fingerprint density at radius 1 is 0.690 bits per heavy atom. The van der Waals surface area contributed by atoms with E-state index in [1.165, 1.54) is 68.5 Å². The van der Waals surface area contributed by atoms with Crippen LogP contribution in [-0.4, -0.2) is 0 Å². The summed E-state index contributed by atoms with van der Waals surface area (Å²) in [7, 11) is 0.754. The molecule has 1 atom stereocenters. The predicted molar refractivity (Wildman–Crippen MR) is 183 cm³/mol. The molecule has 0 amide bonds. The van der Waals surface area contributed by atoms with Gasteiger partial charge in [-0.05, 0) is 41.8 Å². The van der Waals surface area contributed by atoms with E-state index in [1.807, 2.05) is 0 Å². The molecule has 0 nitrogen and oxygen atoms in total. The van der Waals surface area contributed by atoms with Gasteiger partial charge < -0.3 is 0 Å². The quantitative estimate of drug-likeness (QED) is 0.0847. The molecule has 0 aliphatic heterocycles. The molecule has 0 fully saturated rings. The average molecular weight is 733 g/mol. The molecule has 1 unspecified atom stereocenters. The van der Waals surface area contributed by atoms with Crippen molar-refractivity contribution in [2.75, 3.05) is 0 Å². The first-order valence-corrected chi connectivity index (χ1v) is 16.0. The molecule has 0 radical (unpaired) electrons. The number of hydrogen-bond acceptors (Lipinski definition) is 0. The number of rotatable bonds is 8. The van der Waals surface area contributed by atoms with Crippen molar-refractivity contribution >= 4 is 30.0 Å². The van der Waals surface area contributed by atoms with Crippen molar-refractivity contribution in [1.29, 1.82) is 0 Å². The zero-order valence-corrected chi connectivity index (χ0v) is 30.0. The fourth-order valence-electron chi connectivity index (χ4n) is 4.95. The SMILES string of the molecule is CCCCC1=CC[C-]=C1C.Cc1ccccc1P[c-]1ccc2ccccc21.[Hf].c1ccc(CCc2ccccc2)cc1. The van der Waals surface area contributed by atoms with Gasteiger partial charge in [0.15, 0.2) is 0 Å². The molecule has 214 valence electrons. The largest absolute Gasteiger partial charge is 0.269 e. The minimum atomic E-state index is 0. The van der Waals surface area contributed by atoms with Gasteiger partial charge in [0.1, 0.15) is 0 Å². The molecule has 0 spiro atoms. The summed E-state index contributed by atoms with van der Waals surface area (Å²) < 4.78 is 0. The van der Waals surface area contributed by atoms with Crippen molar-refractivity contribution < 1.29 is 25.8 Å². The second kappa shape index (κ2) is 18.7. The minimum absolute atomic E-state index is 0. The summed E-state index contributed by atoms with van der Waals surface area (Å²) in [5, 5.41) is 5.65. The Balaban J connectivity index is 0.000000177. The first-order valence-electron chi connectivity index (χ1n) is 15.0. The molecule has 0 saturated heterocycles. The molecule has 1 aliphatic rings. The molecular weight excluding hydrogens is 690 g/mol. The molecule has 2 heteroatoms. The van der Waals surface area contributed by atoms with Gasteiger partial charge in [0.2, 0.25) is 0 Å². The number of hydrogen-bond donors (Lipinski definition) is 0. The maximum absolute atomic E-state index is 3.30. The van der Waals surface area contributed by atoms with E-state index in [1.54, 1.807) is 0 Å². The Hall–Kier alpha value is -2.73. The van der Waals surface area contributed by atoms with Crippen LogP contribution in [0.25, 0.3) is 10.8 Å². The van der Waals surface area contributed by atoms with Crippen LogP contribution in [0.4, 0.5) is 0 Å². The normalized spacial score (nSPS) is 12.1. The zero-order chi connectivity index (χ0) is 28.7. The summed E-state index contributed by atoms with van der Waals surface area (Å²) in [6, 6.07) is 43.0. The predicted octanol–water partition coefficient (Wildman–Crippen LogP) is 10.2. The second-order valence-electron chi connectivity index (χ2n) is 10.6. The van der Waals surface area contributed by atoms with Crippen molar-refractivity contribution in [1.82, 2.24) is 0 Å². The fraction of sp³-hybridized carbons (Fsp3) is 0.225. The summed E-state index contributed by atoms with van der Waals surface area (Å²) >= 11 is 0. The monoisotopic (exact) mass is 734 g/mol. The van der Waals surface area contributed by atoms with E-state index in [-0.39, 0.29) is 25.8 Å². The van der Waals surface area contributed by atoms with E-state index in [0.29, 0.717) is 0 Å². The maximum Gasteiger partial charge on any atom is 0 e. The van der Waals surface area contributed by atoms with Crippen LogP contribution in [-0.2, 0) is 38.7 Å². The van der Waals surface area contributed by atoms with Gasteiger partial charge in [-0.2, -0.15) is 17.7 Å². The topological polar surface area (TPSA) is 0 Å². The van der Waals surface area contributed by atoms with Crippen molar-refractivity contribution in [3.8, 4) is 0 Å². The standard InChI is InChI=1S/C16H14P.C14H14.C10H15.Hf/c1-12-6-2-5-9-15(12)17-16-11-10-13-7-3-4-8-14(13)16;1-3-7-13(8-4-1)11-12-14-9-5-2-6-10-14;1-3-4-7-10-8-5-6-9(10)2;/h2-11,17H,1H3;1-10H,11-12H2;8H,3-5,7H2,1-2H3;/q-1;;-1;. The zero-order valence-electron chi connectivity index (χ0n) is 25.4. The Kier molecular flexibility index (Phi) is 15.1. The second-order valence-corrected chi connectivity index (χ2v) is 11.9. The molecular formula is C40H43HfP-2. The third kappa shape index (κ3) is 10.8. The molecule has 42 heavy (non-hydrogen) atoms. The number of fused-ring (bicyclic) bond motifs is 1. The van der Waals surface area contributed by atoms with Crippen molar-refractivity contribution in [3.05, 3.63) is 161 Å². The van der Waals surface area contributed by atoms with Crippen LogP contribution in [0.1, 0.15) is 56.2 Å². The number of benzene rings is 4. The number of unbranched alkanes of at least 4 members (excludes halogenated alkanes) is 1. The minimum Gasteiger partial charge on any atom is -0.269 e. The van der Waals surface area contributed by atoms with Crippen molar-refractivity contribution in [2.24, 2.45) is 0 Å². The Labute approximate surface area is 274 Å². The van der Waals surface area contributed by atoms with Crippen molar-refractivity contribution in [3.63, 3.8) is 0 Å². The summed E-state index contributed by atoms with van der Waals surface area (Å²) in [4.78, 5) is 0. The van der Waals surface area contributed by atoms with Crippen LogP contribution in [0.3, 0.4) is 0 Å². The third-order valence-corrected chi connectivity index (χ3v) is 9.02. The molecule has 0 N–H and O–H groups in total. The van der Waals surface area contributed by atoms with Gasteiger partial charge in [0.25, 0.3) is 0 Å². The molecule has 5 aromatic rings. The van der Waals surface area contributed by atoms with E-state index < -0.39 is 0 Å². The first-order chi connectivity index (χ1) is 20.1. The van der Waals surface area contributed by atoms with E-state index >= 15 is 0 Å². The Bertz CT molecular complexity index is 1490. The molecule has 0 bridgehead atoms. The van der Waals surface area contributed by atoms with Gasteiger partial charge in [0, 0.05) is 25.8 Å². The van der Waals surface area contributed by atoms with Crippen LogP contribution >= 0.6 is 8.58 Å². The van der Waals surface area contributed by atoms with Gasteiger partial charge in [-0.25, -0.2) is 5.57 Å². The Morgan fingerprint density at radius 2 is 1.29 bits per heavy atom. The van der Waals surface area contributed by atoms with Gasteiger partial charge >= 0.3 is 0 Å². The van der Waals surface area contributed by atoms with Crippen LogP contribution in [0, 0.1) is 13.0 Å². The Morgan fingerprint density at radius 3 is 1.88 bits per heavy atom. The van der Waals surface area contributed by atoms with Crippen LogP contribution in [0.2, 0.25) is 0 Å². The van der Waals surface area contributed by atoms with Gasteiger partial charge in [-0.1, -0.05) is 124 Å². The fourth-order valence-corrected chi connectivity index (χ4v) is 6.23. The summed E-state index contributed by atoms with van der Waals surface area (Å²) in [5.74, 6) is 0. The maximum atomic E-state index is 3.30. The summed E-state index contributed by atoms with van der Waals surface area (Å²) in [5.41, 5.74) is 7.12. The summed E-state index contributed by atoms with van der Waals surface area (Å²) in [6.45, 7) is 6.58.